The highest BCUT2D eigenvalue weighted by atomic mass is 16.7. The van der Waals surface area contributed by atoms with Gasteiger partial charge in [-0.05, 0) is 26.2 Å². The number of carbonyl (C=O) groups excluding carboxylic acids is 1. The molecule has 8 nitrogen and oxygen atoms in total. The topological polar surface area (TPSA) is 104 Å². The number of aliphatic hydroxyl groups is 2. The number of methoxy groups -OCH3 is 3. The van der Waals surface area contributed by atoms with Crippen LogP contribution in [-0.4, -0.2) is 80.4 Å². The minimum atomic E-state index is -2.02. The molecule has 180 valence electrons. The lowest BCUT2D eigenvalue weighted by Crippen LogP contribution is -2.66. The lowest BCUT2D eigenvalue weighted by atomic mass is 9.78. The molecule has 2 rings (SSSR count). The highest BCUT2D eigenvalue weighted by Crippen LogP contribution is 2.41. The molecule has 2 N–H and O–H groups in total. The first-order chi connectivity index (χ1) is 14.7. The van der Waals surface area contributed by atoms with Crippen molar-refractivity contribution < 1.29 is 38.7 Å². The summed E-state index contributed by atoms with van der Waals surface area (Å²) >= 11 is 0. The van der Waals surface area contributed by atoms with Crippen molar-refractivity contribution in [3.05, 3.63) is 12.2 Å². The Morgan fingerprint density at radius 3 is 2.35 bits per heavy atom. The lowest BCUT2D eigenvalue weighted by molar-refractivity contribution is -0.360. The Kier molecular flexibility index (Phi) is 9.92. The third-order valence-electron chi connectivity index (χ3n) is 6.77. The summed E-state index contributed by atoms with van der Waals surface area (Å²) in [6.07, 6.45) is 4.23. The fourth-order valence-corrected chi connectivity index (χ4v) is 4.61. The quantitative estimate of drug-likeness (QED) is 0.504. The number of fused-ring (bicyclic) bond motifs is 2. The molecule has 2 heterocycles. The van der Waals surface area contributed by atoms with Gasteiger partial charge >= 0.3 is 5.97 Å². The van der Waals surface area contributed by atoms with Crippen molar-refractivity contribution in [2.75, 3.05) is 27.9 Å². The molecule has 0 amide bonds. The lowest BCUT2D eigenvalue weighted by Gasteiger charge is -2.51. The number of hydrogen-bond acceptors (Lipinski definition) is 8. The van der Waals surface area contributed by atoms with E-state index in [1.807, 2.05) is 26.0 Å². The van der Waals surface area contributed by atoms with Crippen molar-refractivity contribution >= 4 is 5.97 Å². The molecule has 0 aromatic rings. The summed E-state index contributed by atoms with van der Waals surface area (Å²) in [6, 6.07) is 0. The molecule has 2 aliphatic rings. The summed E-state index contributed by atoms with van der Waals surface area (Å²) in [5, 5.41) is 22.3. The molecule has 8 heteroatoms. The van der Waals surface area contributed by atoms with Gasteiger partial charge in [0, 0.05) is 33.2 Å². The van der Waals surface area contributed by atoms with Crippen LogP contribution in [0.15, 0.2) is 12.2 Å². The molecule has 2 bridgehead atoms. The van der Waals surface area contributed by atoms with Crippen LogP contribution in [0.4, 0.5) is 0 Å². The van der Waals surface area contributed by atoms with Crippen LogP contribution < -0.4 is 0 Å². The van der Waals surface area contributed by atoms with Crippen molar-refractivity contribution in [1.29, 1.82) is 0 Å². The Balaban J connectivity index is 2.39. The Bertz CT molecular complexity index is 596. The van der Waals surface area contributed by atoms with Gasteiger partial charge in [-0.3, -0.25) is 4.79 Å². The van der Waals surface area contributed by atoms with Crippen molar-refractivity contribution in [3.63, 3.8) is 0 Å². The van der Waals surface area contributed by atoms with Crippen LogP contribution in [0, 0.1) is 17.8 Å². The Labute approximate surface area is 185 Å². The van der Waals surface area contributed by atoms with E-state index in [0.717, 1.165) is 19.3 Å². The van der Waals surface area contributed by atoms with E-state index >= 15 is 0 Å². The average molecular weight is 445 g/mol. The van der Waals surface area contributed by atoms with E-state index < -0.39 is 36.0 Å². The van der Waals surface area contributed by atoms with Gasteiger partial charge in [0.2, 0.25) is 5.79 Å². The normalized spacial score (nSPS) is 44.5. The number of esters is 1. The average Bonchev–Trinajstić information content (AvgIpc) is 2.76. The number of hydrogen-bond donors (Lipinski definition) is 2. The van der Waals surface area contributed by atoms with Crippen molar-refractivity contribution in [1.82, 2.24) is 0 Å². The van der Waals surface area contributed by atoms with E-state index in [0.29, 0.717) is 6.42 Å². The molecule has 0 aromatic heterocycles. The summed E-state index contributed by atoms with van der Waals surface area (Å²) in [6.45, 7) is 5.58. The van der Waals surface area contributed by atoms with Crippen molar-refractivity contribution in [2.24, 2.45) is 17.8 Å². The molecule has 0 radical (unpaired) electrons. The van der Waals surface area contributed by atoms with Crippen LogP contribution in [0.2, 0.25) is 0 Å². The van der Waals surface area contributed by atoms with Gasteiger partial charge in [-0.2, -0.15) is 0 Å². The van der Waals surface area contributed by atoms with Crippen molar-refractivity contribution in [3.8, 4) is 0 Å². The smallest absolute Gasteiger partial charge is 0.314 e. The first kappa shape index (κ1) is 26.2. The maximum Gasteiger partial charge on any atom is 0.314 e. The maximum absolute atomic E-state index is 12.7. The van der Waals surface area contributed by atoms with Gasteiger partial charge in [-0.25, -0.2) is 0 Å². The molecule has 1 unspecified atom stereocenters. The highest BCUT2D eigenvalue weighted by Gasteiger charge is 2.58. The number of cyclic esters (lactones) is 1. The van der Waals surface area contributed by atoms with Gasteiger partial charge in [0.1, 0.15) is 18.1 Å². The van der Waals surface area contributed by atoms with Crippen LogP contribution in [-0.2, 0) is 28.5 Å². The van der Waals surface area contributed by atoms with Gasteiger partial charge in [-0.15, -0.1) is 0 Å². The first-order valence-electron chi connectivity index (χ1n) is 11.2. The number of ether oxygens (including phenoxy) is 5. The van der Waals surface area contributed by atoms with Gasteiger partial charge in [0.05, 0.1) is 24.9 Å². The molecule has 1 saturated heterocycles. The summed E-state index contributed by atoms with van der Waals surface area (Å²) in [5.74, 6) is -4.14. The van der Waals surface area contributed by atoms with Gasteiger partial charge in [0.15, 0.2) is 0 Å². The minimum absolute atomic E-state index is 0.103. The fourth-order valence-electron chi connectivity index (χ4n) is 4.61. The van der Waals surface area contributed by atoms with Crippen LogP contribution in [0.5, 0.6) is 0 Å². The Hall–Kier alpha value is -1.03. The molecule has 1 fully saturated rings. The molecular weight excluding hydrogens is 404 g/mol. The number of aliphatic hydroxyl groups excluding tert-OH is 1. The molecule has 31 heavy (non-hydrogen) atoms. The summed E-state index contributed by atoms with van der Waals surface area (Å²) in [4.78, 5) is 12.7. The van der Waals surface area contributed by atoms with Crippen LogP contribution in [0.3, 0.4) is 0 Å². The molecule has 0 spiro atoms. The van der Waals surface area contributed by atoms with Gasteiger partial charge in [-0.1, -0.05) is 32.4 Å². The molecule has 0 saturated carbocycles. The largest absolute Gasteiger partial charge is 0.465 e. The molecule has 0 aromatic carbocycles. The third-order valence-corrected chi connectivity index (χ3v) is 6.77. The van der Waals surface area contributed by atoms with E-state index in [2.05, 4.69) is 0 Å². The zero-order valence-corrected chi connectivity index (χ0v) is 19.7. The summed E-state index contributed by atoms with van der Waals surface area (Å²) in [5.41, 5.74) is 0. The highest BCUT2D eigenvalue weighted by molar-refractivity contribution is 5.73. The van der Waals surface area contributed by atoms with E-state index in [1.54, 1.807) is 21.1 Å². The summed E-state index contributed by atoms with van der Waals surface area (Å²) < 4.78 is 28.2. The zero-order valence-electron chi connectivity index (χ0n) is 19.7. The van der Waals surface area contributed by atoms with Gasteiger partial charge < -0.3 is 33.9 Å². The van der Waals surface area contributed by atoms with E-state index in [1.165, 1.54) is 7.11 Å². The number of carbonyl (C=O) groups is 1. The Morgan fingerprint density at radius 1 is 1.03 bits per heavy atom. The zero-order chi connectivity index (χ0) is 23.2. The SMILES string of the molecule is COC1CCCCCOC(=O)[C@@H](C)[C@@]2(O)O[C@H]([C@@H](C)[C@H](O)[C@H]2OC)[C@@H](C)/C=C/[C@H]1OC. The second-order valence-corrected chi connectivity index (χ2v) is 8.80. The van der Waals surface area contributed by atoms with E-state index in [-0.39, 0.29) is 30.7 Å². The predicted molar refractivity (Wildman–Crippen MR) is 114 cm³/mol. The van der Waals surface area contributed by atoms with Crippen LogP contribution >= 0.6 is 0 Å². The Morgan fingerprint density at radius 2 is 1.74 bits per heavy atom. The number of rotatable bonds is 3. The van der Waals surface area contributed by atoms with Gasteiger partial charge in [0.25, 0.3) is 0 Å². The maximum atomic E-state index is 12.7. The summed E-state index contributed by atoms with van der Waals surface area (Å²) in [7, 11) is 4.70. The first-order valence-corrected chi connectivity index (χ1v) is 11.2. The second kappa shape index (κ2) is 11.7. The van der Waals surface area contributed by atoms with Crippen LogP contribution in [0.25, 0.3) is 0 Å². The third kappa shape index (κ3) is 5.86. The fraction of sp³-hybridized carbons (Fsp3) is 0.870. The van der Waals surface area contributed by atoms with E-state index in [4.69, 9.17) is 23.7 Å². The molecule has 0 aliphatic carbocycles. The van der Waals surface area contributed by atoms with Crippen molar-refractivity contribution in [2.45, 2.75) is 82.8 Å². The molecule has 2 aliphatic heterocycles. The molecule has 9 atom stereocenters. The second-order valence-electron chi connectivity index (χ2n) is 8.80. The standard InChI is InChI=1S/C23H40O8/c1-14-11-12-18(28-5)17(27-4)10-8-7-9-13-30-22(25)16(3)23(26)21(29-6)19(24)15(2)20(14)31-23/h11-12,14-21,24,26H,7-10,13H2,1-6H3/b12-11+/t14-,15-,16+,17?,18+,19-,20-,21+,23+/m0/s1. The monoisotopic (exact) mass is 444 g/mol. The minimum Gasteiger partial charge on any atom is -0.465 e. The molecular formula is C23H40O8. The predicted octanol–water partition coefficient (Wildman–Crippen LogP) is 2.06. The van der Waals surface area contributed by atoms with Crippen LogP contribution in [0.1, 0.15) is 46.5 Å². The van der Waals surface area contributed by atoms with E-state index in [9.17, 15) is 15.0 Å².